The van der Waals surface area contributed by atoms with Crippen LogP contribution in [0.5, 0.6) is 5.75 Å². The lowest BCUT2D eigenvalue weighted by Crippen LogP contribution is -2.00. The Balaban J connectivity index is 2.10. The van der Waals surface area contributed by atoms with Crippen molar-refractivity contribution in [3.05, 3.63) is 65.2 Å². The van der Waals surface area contributed by atoms with Gasteiger partial charge in [-0.2, -0.15) is 0 Å². The van der Waals surface area contributed by atoms with Crippen molar-refractivity contribution in [1.82, 2.24) is 0 Å². The number of hydrogen-bond acceptors (Lipinski definition) is 3. The number of hydrogen-bond donors (Lipinski definition) is 0. The molecule has 4 rings (SSSR count). The molecule has 0 amide bonds. The summed E-state index contributed by atoms with van der Waals surface area (Å²) in [4.78, 5) is 12.3. The minimum absolute atomic E-state index is 0.240. The van der Waals surface area contributed by atoms with E-state index in [0.29, 0.717) is 12.2 Å². The first-order valence-corrected chi connectivity index (χ1v) is 7.56. The van der Waals surface area contributed by atoms with Crippen LogP contribution in [0.1, 0.15) is 21.5 Å². The zero-order chi connectivity index (χ0) is 16.0. The van der Waals surface area contributed by atoms with Crippen LogP contribution in [0.2, 0.25) is 0 Å². The highest BCUT2D eigenvalue weighted by atomic mass is 16.5. The third kappa shape index (κ3) is 2.08. The number of rotatable bonds is 2. The lowest BCUT2D eigenvalue weighted by molar-refractivity contribution is 0.0535. The van der Waals surface area contributed by atoms with Gasteiger partial charge in [-0.1, -0.05) is 30.3 Å². The van der Waals surface area contributed by atoms with Gasteiger partial charge in [0.05, 0.1) is 12.7 Å². The van der Waals surface area contributed by atoms with Crippen LogP contribution < -0.4 is 4.74 Å². The van der Waals surface area contributed by atoms with Crippen molar-refractivity contribution < 1.29 is 14.3 Å². The van der Waals surface area contributed by atoms with Crippen LogP contribution in [0.15, 0.2) is 48.5 Å². The van der Waals surface area contributed by atoms with Crippen molar-refractivity contribution in [2.24, 2.45) is 0 Å². The van der Waals surface area contributed by atoms with Crippen LogP contribution in [0.25, 0.3) is 21.9 Å². The number of esters is 1. The summed E-state index contributed by atoms with van der Waals surface area (Å²) in [6, 6.07) is 16.1. The van der Waals surface area contributed by atoms with Crippen LogP contribution in [-0.4, -0.2) is 13.1 Å². The van der Waals surface area contributed by atoms with E-state index in [1.165, 1.54) is 0 Å². The topological polar surface area (TPSA) is 35.5 Å². The van der Waals surface area contributed by atoms with Crippen LogP contribution in [0.4, 0.5) is 0 Å². The first-order chi connectivity index (χ1) is 11.2. The van der Waals surface area contributed by atoms with Crippen LogP contribution in [-0.2, 0) is 11.3 Å². The van der Waals surface area contributed by atoms with Gasteiger partial charge < -0.3 is 9.47 Å². The van der Waals surface area contributed by atoms with E-state index in [9.17, 15) is 4.79 Å². The zero-order valence-electron chi connectivity index (χ0n) is 13.1. The molecule has 1 heterocycles. The molecule has 0 saturated carbocycles. The summed E-state index contributed by atoms with van der Waals surface area (Å²) in [5.74, 6) is 0.571. The standard InChI is InChI=1S/C20H16O3/c1-12-9-15(22-2)7-8-16(12)19-17-6-4-3-5-13(17)10-14-11-23-20(21)18(14)19/h3-10H,11H2,1-2H3. The Morgan fingerprint density at radius 1 is 1.04 bits per heavy atom. The van der Waals surface area contributed by atoms with Crippen LogP contribution in [0, 0.1) is 6.92 Å². The molecule has 0 fully saturated rings. The molecule has 3 aromatic carbocycles. The predicted molar refractivity (Wildman–Crippen MR) is 89.8 cm³/mol. The monoisotopic (exact) mass is 304 g/mol. The Morgan fingerprint density at radius 2 is 1.87 bits per heavy atom. The molecule has 3 nitrogen and oxygen atoms in total. The van der Waals surface area contributed by atoms with Crippen LogP contribution in [0.3, 0.4) is 0 Å². The fraction of sp³-hybridized carbons (Fsp3) is 0.150. The van der Waals surface area contributed by atoms with Crippen molar-refractivity contribution >= 4 is 16.7 Å². The molecule has 1 aliphatic rings. The minimum Gasteiger partial charge on any atom is -0.497 e. The molecule has 0 spiro atoms. The Kier molecular flexibility index (Phi) is 3.08. The molecule has 114 valence electrons. The van der Waals surface area contributed by atoms with Crippen LogP contribution >= 0.6 is 0 Å². The number of methoxy groups -OCH3 is 1. The van der Waals surface area contributed by atoms with Crippen molar-refractivity contribution in [2.75, 3.05) is 7.11 Å². The van der Waals surface area contributed by atoms with Gasteiger partial charge in [-0.15, -0.1) is 0 Å². The van der Waals surface area contributed by atoms with Crippen molar-refractivity contribution in [3.63, 3.8) is 0 Å². The molecule has 0 radical (unpaired) electrons. The Bertz CT molecular complexity index is 941. The molecule has 3 heteroatoms. The molecule has 0 atom stereocenters. The minimum atomic E-state index is -0.240. The Labute approximate surface area is 134 Å². The lowest BCUT2D eigenvalue weighted by Gasteiger charge is -2.14. The second kappa shape index (κ2) is 5.13. The molecular weight excluding hydrogens is 288 g/mol. The summed E-state index contributed by atoms with van der Waals surface area (Å²) >= 11 is 0. The number of cyclic esters (lactones) is 1. The van der Waals surface area contributed by atoms with Gasteiger partial charge in [0.15, 0.2) is 0 Å². The van der Waals surface area contributed by atoms with E-state index in [0.717, 1.165) is 38.8 Å². The van der Waals surface area contributed by atoms with Crippen molar-refractivity contribution in [3.8, 4) is 16.9 Å². The van der Waals surface area contributed by atoms with Gasteiger partial charge in [-0.05, 0) is 47.0 Å². The van der Waals surface area contributed by atoms with E-state index >= 15 is 0 Å². The molecule has 0 aliphatic carbocycles. The van der Waals surface area contributed by atoms with Gasteiger partial charge in [0, 0.05) is 11.1 Å². The summed E-state index contributed by atoms with van der Waals surface area (Å²) in [5, 5.41) is 2.19. The number of aryl methyl sites for hydroxylation is 1. The predicted octanol–water partition coefficient (Wildman–Crippen LogP) is 4.49. The summed E-state index contributed by atoms with van der Waals surface area (Å²) in [7, 11) is 1.65. The lowest BCUT2D eigenvalue weighted by atomic mass is 9.88. The third-order valence-corrected chi connectivity index (χ3v) is 4.40. The SMILES string of the molecule is COc1ccc(-c2c3c(cc4ccccc24)COC3=O)c(C)c1. The third-order valence-electron chi connectivity index (χ3n) is 4.40. The molecule has 0 unspecified atom stereocenters. The van der Waals surface area contributed by atoms with Crippen molar-refractivity contribution in [2.45, 2.75) is 13.5 Å². The fourth-order valence-electron chi connectivity index (χ4n) is 3.29. The largest absolute Gasteiger partial charge is 0.497 e. The highest BCUT2D eigenvalue weighted by molar-refractivity contribution is 6.11. The zero-order valence-corrected chi connectivity index (χ0v) is 13.1. The highest BCUT2D eigenvalue weighted by Crippen LogP contribution is 2.40. The number of fused-ring (bicyclic) bond motifs is 2. The molecule has 0 N–H and O–H groups in total. The van der Waals surface area contributed by atoms with E-state index in [1.54, 1.807) is 7.11 Å². The van der Waals surface area contributed by atoms with Gasteiger partial charge in [0.2, 0.25) is 0 Å². The number of carbonyl (C=O) groups excluding carboxylic acids is 1. The second-order valence-corrected chi connectivity index (χ2v) is 5.76. The summed E-state index contributed by atoms with van der Waals surface area (Å²) in [6.07, 6.45) is 0. The molecule has 0 bridgehead atoms. The van der Waals surface area contributed by atoms with E-state index in [-0.39, 0.29) is 5.97 Å². The average Bonchev–Trinajstić information content (AvgIpc) is 2.94. The van der Waals surface area contributed by atoms with Gasteiger partial charge in [-0.3, -0.25) is 0 Å². The second-order valence-electron chi connectivity index (χ2n) is 5.76. The molecule has 1 aliphatic heterocycles. The maximum absolute atomic E-state index is 12.3. The van der Waals surface area contributed by atoms with Gasteiger partial charge in [0.1, 0.15) is 12.4 Å². The van der Waals surface area contributed by atoms with E-state index in [2.05, 4.69) is 18.2 Å². The maximum Gasteiger partial charge on any atom is 0.339 e. The Hall–Kier alpha value is -2.81. The smallest absolute Gasteiger partial charge is 0.339 e. The van der Waals surface area contributed by atoms with E-state index in [1.807, 2.05) is 37.3 Å². The number of ether oxygens (including phenoxy) is 2. The maximum atomic E-state index is 12.3. The highest BCUT2D eigenvalue weighted by Gasteiger charge is 2.27. The summed E-state index contributed by atoms with van der Waals surface area (Å²) < 4.78 is 10.6. The number of benzene rings is 3. The molecule has 0 aromatic heterocycles. The average molecular weight is 304 g/mol. The quantitative estimate of drug-likeness (QED) is 0.654. The van der Waals surface area contributed by atoms with Gasteiger partial charge in [-0.25, -0.2) is 4.79 Å². The fourth-order valence-corrected chi connectivity index (χ4v) is 3.29. The van der Waals surface area contributed by atoms with Gasteiger partial charge >= 0.3 is 5.97 Å². The number of carbonyl (C=O) groups is 1. The van der Waals surface area contributed by atoms with E-state index < -0.39 is 0 Å². The molecule has 23 heavy (non-hydrogen) atoms. The first kappa shape index (κ1) is 13.8. The van der Waals surface area contributed by atoms with Gasteiger partial charge in [0.25, 0.3) is 0 Å². The normalized spacial score (nSPS) is 13.0. The molecule has 0 saturated heterocycles. The first-order valence-electron chi connectivity index (χ1n) is 7.56. The summed E-state index contributed by atoms with van der Waals surface area (Å²) in [6.45, 7) is 2.38. The Morgan fingerprint density at radius 3 is 2.65 bits per heavy atom. The van der Waals surface area contributed by atoms with Crippen molar-refractivity contribution in [1.29, 1.82) is 0 Å². The molecular formula is C20H16O3. The van der Waals surface area contributed by atoms with E-state index in [4.69, 9.17) is 9.47 Å². The summed E-state index contributed by atoms with van der Waals surface area (Å²) in [5.41, 5.74) is 4.72. The molecule has 3 aromatic rings.